The molecule has 32 heavy (non-hydrogen) atoms. The lowest BCUT2D eigenvalue weighted by Crippen LogP contribution is -2.12. The summed E-state index contributed by atoms with van der Waals surface area (Å²) in [5.41, 5.74) is 7.65. The summed E-state index contributed by atoms with van der Waals surface area (Å²) >= 11 is 0. The lowest BCUT2D eigenvalue weighted by Gasteiger charge is -2.27. The Morgan fingerprint density at radius 1 is 0.562 bits per heavy atom. The van der Waals surface area contributed by atoms with Crippen molar-refractivity contribution in [3.8, 4) is 0 Å². The van der Waals surface area contributed by atoms with E-state index in [2.05, 4.69) is 91.5 Å². The molecule has 0 unspecified atom stereocenters. The summed E-state index contributed by atoms with van der Waals surface area (Å²) in [5, 5.41) is 10.9. The molecular weight excluding hydrogens is 398 g/mol. The predicted octanol–water partition coefficient (Wildman–Crippen LogP) is 7.45. The minimum absolute atomic E-state index is 0.0873. The van der Waals surface area contributed by atoms with Crippen LogP contribution in [-0.4, -0.2) is 12.0 Å². The summed E-state index contributed by atoms with van der Waals surface area (Å²) in [4.78, 5) is 14.8. The van der Waals surface area contributed by atoms with E-state index in [4.69, 9.17) is 0 Å². The zero-order valence-corrected chi connectivity index (χ0v) is 18.4. The van der Waals surface area contributed by atoms with Crippen LogP contribution < -0.4 is 9.80 Å². The predicted molar refractivity (Wildman–Crippen MR) is 132 cm³/mol. The summed E-state index contributed by atoms with van der Waals surface area (Å²) in [6.45, 7) is 4.17. The van der Waals surface area contributed by atoms with Crippen molar-refractivity contribution in [2.24, 2.45) is 0 Å². The van der Waals surface area contributed by atoms with E-state index in [-0.39, 0.29) is 10.6 Å². The van der Waals surface area contributed by atoms with E-state index in [0.29, 0.717) is 0 Å². The highest BCUT2D eigenvalue weighted by atomic mass is 16.6. The standard InChI is InChI=1S/C27H25N3O2/c1-20-4-8-24(9-5-20)29(25-10-6-21(2)7-11-25)26-16-12-22(13-17-26)28(3)23-14-18-27(19-15-23)30(31)32/h4-19H,1-3H3. The van der Waals surface area contributed by atoms with Crippen LogP contribution in [0.25, 0.3) is 0 Å². The average Bonchev–Trinajstić information content (AvgIpc) is 2.82. The van der Waals surface area contributed by atoms with Gasteiger partial charge in [0.2, 0.25) is 0 Å². The Balaban J connectivity index is 1.66. The Bertz CT molecular complexity index is 1150. The fraction of sp³-hybridized carbons (Fsp3) is 0.111. The SMILES string of the molecule is Cc1ccc(N(c2ccc(C)cc2)c2ccc(N(C)c3ccc([N+](=O)[O-])cc3)cc2)cc1. The van der Waals surface area contributed by atoms with Gasteiger partial charge in [-0.15, -0.1) is 0 Å². The summed E-state index contributed by atoms with van der Waals surface area (Å²) in [7, 11) is 1.95. The van der Waals surface area contributed by atoms with Crippen LogP contribution >= 0.6 is 0 Å². The van der Waals surface area contributed by atoms with E-state index in [1.807, 2.05) is 11.9 Å². The molecule has 0 atom stereocenters. The molecule has 0 spiro atoms. The second-order valence-corrected chi connectivity index (χ2v) is 7.86. The Morgan fingerprint density at radius 2 is 0.875 bits per heavy atom. The van der Waals surface area contributed by atoms with Crippen LogP contribution in [-0.2, 0) is 0 Å². The van der Waals surface area contributed by atoms with E-state index in [1.165, 1.54) is 23.3 Å². The molecule has 0 N–H and O–H groups in total. The second kappa shape index (κ2) is 8.94. The number of hydrogen-bond acceptors (Lipinski definition) is 4. The van der Waals surface area contributed by atoms with Gasteiger partial charge in [0.15, 0.2) is 0 Å². The lowest BCUT2D eigenvalue weighted by molar-refractivity contribution is -0.384. The minimum Gasteiger partial charge on any atom is -0.345 e. The number of benzene rings is 4. The van der Waals surface area contributed by atoms with Gasteiger partial charge < -0.3 is 9.80 Å². The molecule has 0 aliphatic rings. The number of hydrogen-bond donors (Lipinski definition) is 0. The number of aryl methyl sites for hydroxylation is 2. The fourth-order valence-electron chi connectivity index (χ4n) is 3.61. The van der Waals surface area contributed by atoms with Crippen molar-refractivity contribution in [1.82, 2.24) is 0 Å². The van der Waals surface area contributed by atoms with Gasteiger partial charge in [0.25, 0.3) is 5.69 Å². The second-order valence-electron chi connectivity index (χ2n) is 7.86. The molecular formula is C27H25N3O2. The largest absolute Gasteiger partial charge is 0.345 e. The van der Waals surface area contributed by atoms with E-state index < -0.39 is 0 Å². The number of nitrogens with zero attached hydrogens (tertiary/aromatic N) is 3. The van der Waals surface area contributed by atoms with Gasteiger partial charge in [0.05, 0.1) is 4.92 Å². The molecule has 5 heteroatoms. The van der Waals surface area contributed by atoms with E-state index in [1.54, 1.807) is 12.1 Å². The van der Waals surface area contributed by atoms with Gasteiger partial charge in [-0.25, -0.2) is 0 Å². The fourth-order valence-corrected chi connectivity index (χ4v) is 3.61. The van der Waals surface area contributed by atoms with Crippen molar-refractivity contribution in [3.63, 3.8) is 0 Å². The van der Waals surface area contributed by atoms with Crippen molar-refractivity contribution in [1.29, 1.82) is 0 Å². The number of anilines is 5. The number of non-ortho nitro benzene ring substituents is 1. The summed E-state index contributed by atoms with van der Waals surface area (Å²) in [6, 6.07) is 31.9. The van der Waals surface area contributed by atoms with Crippen molar-refractivity contribution >= 4 is 34.1 Å². The maximum atomic E-state index is 10.9. The van der Waals surface area contributed by atoms with Gasteiger partial charge in [0, 0.05) is 47.6 Å². The molecule has 160 valence electrons. The summed E-state index contributed by atoms with van der Waals surface area (Å²) < 4.78 is 0. The first-order chi connectivity index (χ1) is 15.4. The van der Waals surface area contributed by atoms with E-state index in [0.717, 1.165) is 28.4 Å². The zero-order chi connectivity index (χ0) is 22.7. The van der Waals surface area contributed by atoms with Crippen LogP contribution in [0.2, 0.25) is 0 Å². The maximum absolute atomic E-state index is 10.9. The maximum Gasteiger partial charge on any atom is 0.269 e. The first-order valence-corrected chi connectivity index (χ1v) is 10.4. The van der Waals surface area contributed by atoms with Crippen molar-refractivity contribution in [2.75, 3.05) is 16.8 Å². The Kier molecular flexibility index (Phi) is 5.90. The zero-order valence-electron chi connectivity index (χ0n) is 18.4. The molecule has 0 saturated carbocycles. The summed E-state index contributed by atoms with van der Waals surface area (Å²) in [5.74, 6) is 0. The smallest absolute Gasteiger partial charge is 0.269 e. The molecule has 0 fully saturated rings. The quantitative estimate of drug-likeness (QED) is 0.239. The van der Waals surface area contributed by atoms with Gasteiger partial charge >= 0.3 is 0 Å². The highest BCUT2D eigenvalue weighted by Gasteiger charge is 2.13. The molecule has 0 radical (unpaired) electrons. The third-order valence-corrected chi connectivity index (χ3v) is 5.53. The van der Waals surface area contributed by atoms with Crippen LogP contribution in [0, 0.1) is 24.0 Å². The third-order valence-electron chi connectivity index (χ3n) is 5.53. The molecule has 0 aromatic heterocycles. The molecule has 0 heterocycles. The molecule has 4 aromatic carbocycles. The van der Waals surface area contributed by atoms with Gasteiger partial charge in [0.1, 0.15) is 0 Å². The Morgan fingerprint density at radius 3 is 1.25 bits per heavy atom. The number of nitro groups is 1. The van der Waals surface area contributed by atoms with Crippen LogP contribution in [0.4, 0.5) is 34.1 Å². The average molecular weight is 424 g/mol. The lowest BCUT2D eigenvalue weighted by atomic mass is 10.1. The monoisotopic (exact) mass is 423 g/mol. The molecule has 5 nitrogen and oxygen atoms in total. The highest BCUT2D eigenvalue weighted by Crippen LogP contribution is 2.36. The van der Waals surface area contributed by atoms with Gasteiger partial charge in [-0.3, -0.25) is 10.1 Å². The molecule has 4 rings (SSSR count). The van der Waals surface area contributed by atoms with Crippen molar-refractivity contribution in [3.05, 3.63) is 118 Å². The molecule has 0 saturated heterocycles. The van der Waals surface area contributed by atoms with Crippen LogP contribution in [0.3, 0.4) is 0 Å². The molecule has 0 aliphatic heterocycles. The molecule has 0 aliphatic carbocycles. The van der Waals surface area contributed by atoms with E-state index >= 15 is 0 Å². The van der Waals surface area contributed by atoms with Crippen LogP contribution in [0.1, 0.15) is 11.1 Å². The number of nitro benzene ring substituents is 1. The topological polar surface area (TPSA) is 49.6 Å². The molecule has 0 bridgehead atoms. The first-order valence-electron chi connectivity index (χ1n) is 10.4. The van der Waals surface area contributed by atoms with Gasteiger partial charge in [-0.1, -0.05) is 35.4 Å². The molecule has 4 aromatic rings. The number of rotatable bonds is 6. The molecule has 0 amide bonds. The van der Waals surface area contributed by atoms with Crippen LogP contribution in [0.5, 0.6) is 0 Å². The van der Waals surface area contributed by atoms with Gasteiger partial charge in [-0.2, -0.15) is 0 Å². The third kappa shape index (κ3) is 4.47. The van der Waals surface area contributed by atoms with Crippen molar-refractivity contribution < 1.29 is 4.92 Å². The normalized spacial score (nSPS) is 10.6. The van der Waals surface area contributed by atoms with E-state index in [9.17, 15) is 10.1 Å². The van der Waals surface area contributed by atoms with Crippen molar-refractivity contribution in [2.45, 2.75) is 13.8 Å². The Labute approximate surface area is 188 Å². The minimum atomic E-state index is -0.386. The van der Waals surface area contributed by atoms with Crippen LogP contribution in [0.15, 0.2) is 97.1 Å². The summed E-state index contributed by atoms with van der Waals surface area (Å²) in [6.07, 6.45) is 0. The highest BCUT2D eigenvalue weighted by molar-refractivity contribution is 5.78. The Hall–Kier alpha value is -4.12. The first kappa shape index (κ1) is 21.1. The van der Waals surface area contributed by atoms with Gasteiger partial charge in [-0.05, 0) is 74.5 Å².